The van der Waals surface area contributed by atoms with Crippen molar-refractivity contribution < 1.29 is 14.0 Å². The van der Waals surface area contributed by atoms with Crippen LogP contribution in [0.4, 0.5) is 15.8 Å². The van der Waals surface area contributed by atoms with E-state index in [1.54, 1.807) is 0 Å². The van der Waals surface area contributed by atoms with Crippen molar-refractivity contribution >= 4 is 46.4 Å². The molecule has 0 radical (unpaired) electrons. The van der Waals surface area contributed by atoms with Crippen LogP contribution >= 0.6 is 23.2 Å². The van der Waals surface area contributed by atoms with Gasteiger partial charge in [0.05, 0.1) is 10.7 Å². The molecule has 27 heavy (non-hydrogen) atoms. The Hall–Kier alpha value is -2.37. The molecule has 0 spiro atoms. The number of carbonyl (C=O) groups is 2. The van der Waals surface area contributed by atoms with E-state index in [2.05, 4.69) is 12.2 Å². The summed E-state index contributed by atoms with van der Waals surface area (Å²) in [4.78, 5) is 26.0. The van der Waals surface area contributed by atoms with Crippen LogP contribution in [0.15, 0.2) is 53.2 Å². The first-order valence-electron chi connectivity index (χ1n) is 8.52. The van der Waals surface area contributed by atoms with Crippen LogP contribution in [0, 0.1) is 5.82 Å². The molecule has 140 valence electrons. The van der Waals surface area contributed by atoms with Gasteiger partial charge < -0.3 is 5.32 Å². The number of unbranched alkanes of at least 4 members (excludes halogenated alkanes) is 1. The molecule has 2 amide bonds. The largest absolute Gasteiger partial charge is 0.350 e. The van der Waals surface area contributed by atoms with Crippen molar-refractivity contribution in [3.63, 3.8) is 0 Å². The van der Waals surface area contributed by atoms with E-state index >= 15 is 0 Å². The highest BCUT2D eigenvalue weighted by Crippen LogP contribution is 2.32. The topological polar surface area (TPSA) is 49.4 Å². The molecule has 0 fully saturated rings. The highest BCUT2D eigenvalue weighted by Gasteiger charge is 2.39. The molecule has 0 saturated carbocycles. The Labute approximate surface area is 166 Å². The van der Waals surface area contributed by atoms with Crippen LogP contribution in [0.1, 0.15) is 25.3 Å². The van der Waals surface area contributed by atoms with E-state index < -0.39 is 17.6 Å². The van der Waals surface area contributed by atoms with Gasteiger partial charge in [-0.1, -0.05) is 48.7 Å². The Morgan fingerprint density at radius 1 is 1.04 bits per heavy atom. The van der Waals surface area contributed by atoms with Gasteiger partial charge in [0.25, 0.3) is 11.8 Å². The summed E-state index contributed by atoms with van der Waals surface area (Å²) >= 11 is 11.8. The predicted molar refractivity (Wildman–Crippen MR) is 105 cm³/mol. The standard InChI is InChI=1S/C20H17Cl2FN2O2/c1-2-3-4-12-5-7-13(8-6-12)24-18-17(22)19(26)25(20(18)27)14-9-10-16(23)15(21)11-14/h5-11,24H,2-4H2,1H3. The molecular weight excluding hydrogens is 390 g/mol. The van der Waals surface area contributed by atoms with Gasteiger partial charge in [0.1, 0.15) is 16.5 Å². The fourth-order valence-electron chi connectivity index (χ4n) is 2.75. The lowest BCUT2D eigenvalue weighted by molar-refractivity contribution is -0.120. The van der Waals surface area contributed by atoms with Gasteiger partial charge in [-0.15, -0.1) is 0 Å². The lowest BCUT2D eigenvalue weighted by Crippen LogP contribution is -2.32. The smallest absolute Gasteiger partial charge is 0.283 e. The van der Waals surface area contributed by atoms with Crippen molar-refractivity contribution in [1.29, 1.82) is 0 Å². The molecule has 2 aromatic rings. The number of imide groups is 1. The third-order valence-electron chi connectivity index (χ3n) is 4.23. The normalized spacial score (nSPS) is 14.3. The van der Waals surface area contributed by atoms with E-state index in [-0.39, 0.29) is 21.4 Å². The number of nitrogens with one attached hydrogen (secondary N) is 1. The molecule has 3 rings (SSSR count). The maximum absolute atomic E-state index is 13.4. The number of rotatable bonds is 6. The summed E-state index contributed by atoms with van der Waals surface area (Å²) in [6.07, 6.45) is 3.20. The first-order chi connectivity index (χ1) is 12.9. The van der Waals surface area contributed by atoms with Gasteiger partial charge in [-0.05, 0) is 48.7 Å². The molecule has 4 nitrogen and oxygen atoms in total. The van der Waals surface area contributed by atoms with Crippen LogP contribution in [0.5, 0.6) is 0 Å². The Morgan fingerprint density at radius 2 is 1.74 bits per heavy atom. The molecule has 1 heterocycles. The molecule has 1 N–H and O–H groups in total. The number of carbonyl (C=O) groups excluding carboxylic acids is 2. The van der Waals surface area contributed by atoms with Crippen molar-refractivity contribution in [2.75, 3.05) is 10.2 Å². The van der Waals surface area contributed by atoms with Crippen LogP contribution in [0.2, 0.25) is 5.02 Å². The summed E-state index contributed by atoms with van der Waals surface area (Å²) in [7, 11) is 0. The number of hydrogen-bond donors (Lipinski definition) is 1. The summed E-state index contributed by atoms with van der Waals surface area (Å²) in [5.41, 5.74) is 1.96. The van der Waals surface area contributed by atoms with E-state index in [1.807, 2.05) is 24.3 Å². The average Bonchev–Trinajstić information content (AvgIpc) is 2.87. The number of benzene rings is 2. The maximum atomic E-state index is 13.4. The second-order valence-corrected chi connectivity index (χ2v) is 6.94. The lowest BCUT2D eigenvalue weighted by atomic mass is 10.1. The predicted octanol–water partition coefficient (Wildman–Crippen LogP) is 5.26. The zero-order valence-corrected chi connectivity index (χ0v) is 16.1. The van der Waals surface area contributed by atoms with Gasteiger partial charge in [-0.3, -0.25) is 9.59 Å². The van der Waals surface area contributed by atoms with E-state index in [0.717, 1.165) is 30.2 Å². The molecule has 0 aliphatic carbocycles. The second-order valence-electron chi connectivity index (χ2n) is 6.16. The number of anilines is 2. The van der Waals surface area contributed by atoms with Crippen molar-refractivity contribution in [2.45, 2.75) is 26.2 Å². The lowest BCUT2D eigenvalue weighted by Gasteiger charge is -2.15. The van der Waals surface area contributed by atoms with Gasteiger partial charge in [0, 0.05) is 5.69 Å². The molecule has 7 heteroatoms. The van der Waals surface area contributed by atoms with E-state index in [1.165, 1.54) is 17.7 Å². The van der Waals surface area contributed by atoms with E-state index in [9.17, 15) is 14.0 Å². The summed E-state index contributed by atoms with van der Waals surface area (Å²) in [6.45, 7) is 2.13. The average molecular weight is 407 g/mol. The molecule has 1 aliphatic heterocycles. The van der Waals surface area contributed by atoms with E-state index in [0.29, 0.717) is 5.69 Å². The molecule has 0 atom stereocenters. The minimum atomic E-state index is -0.689. The highest BCUT2D eigenvalue weighted by molar-refractivity contribution is 6.53. The number of nitrogens with zero attached hydrogens (tertiary/aromatic N) is 1. The Kier molecular flexibility index (Phi) is 5.82. The van der Waals surface area contributed by atoms with Gasteiger partial charge in [0.15, 0.2) is 0 Å². The van der Waals surface area contributed by atoms with Crippen molar-refractivity contribution in [3.8, 4) is 0 Å². The van der Waals surface area contributed by atoms with Crippen LogP contribution in [-0.4, -0.2) is 11.8 Å². The fraction of sp³-hybridized carbons (Fsp3) is 0.200. The molecule has 0 unspecified atom stereocenters. The monoisotopic (exact) mass is 406 g/mol. The SMILES string of the molecule is CCCCc1ccc(NC2=C(Cl)C(=O)N(c3ccc(F)c(Cl)c3)C2=O)cc1. The van der Waals surface area contributed by atoms with Gasteiger partial charge >= 0.3 is 0 Å². The summed E-state index contributed by atoms with van der Waals surface area (Å²) in [5.74, 6) is -1.95. The third-order valence-corrected chi connectivity index (χ3v) is 4.87. The molecular formula is C20H17Cl2FN2O2. The Bertz CT molecular complexity index is 926. The van der Waals surface area contributed by atoms with Crippen molar-refractivity contribution in [1.82, 2.24) is 0 Å². The fourth-order valence-corrected chi connectivity index (χ4v) is 3.14. The summed E-state index contributed by atoms with van der Waals surface area (Å²) in [6, 6.07) is 11.2. The Morgan fingerprint density at radius 3 is 2.37 bits per heavy atom. The number of amides is 2. The molecule has 2 aromatic carbocycles. The number of hydrogen-bond acceptors (Lipinski definition) is 3. The third kappa shape index (κ3) is 3.99. The van der Waals surface area contributed by atoms with Crippen LogP contribution in [-0.2, 0) is 16.0 Å². The molecule has 0 bridgehead atoms. The Balaban J connectivity index is 1.81. The maximum Gasteiger partial charge on any atom is 0.283 e. The van der Waals surface area contributed by atoms with E-state index in [4.69, 9.17) is 23.2 Å². The van der Waals surface area contributed by atoms with Crippen molar-refractivity contribution in [2.24, 2.45) is 0 Å². The summed E-state index contributed by atoms with van der Waals surface area (Å²) in [5, 5.41) is 2.50. The first-order valence-corrected chi connectivity index (χ1v) is 9.27. The quantitative estimate of drug-likeness (QED) is 0.665. The minimum absolute atomic E-state index is 0.0246. The second kappa shape index (κ2) is 8.11. The first kappa shape index (κ1) is 19.4. The minimum Gasteiger partial charge on any atom is -0.350 e. The number of aryl methyl sites for hydroxylation is 1. The van der Waals surface area contributed by atoms with Gasteiger partial charge in [-0.25, -0.2) is 9.29 Å². The van der Waals surface area contributed by atoms with Crippen LogP contribution < -0.4 is 10.2 Å². The number of halogens is 3. The van der Waals surface area contributed by atoms with Gasteiger partial charge in [0.2, 0.25) is 0 Å². The van der Waals surface area contributed by atoms with Gasteiger partial charge in [-0.2, -0.15) is 0 Å². The highest BCUT2D eigenvalue weighted by atomic mass is 35.5. The zero-order chi connectivity index (χ0) is 19.6. The molecule has 0 saturated heterocycles. The van der Waals surface area contributed by atoms with Crippen molar-refractivity contribution in [3.05, 3.63) is 69.6 Å². The van der Waals surface area contributed by atoms with Crippen LogP contribution in [0.25, 0.3) is 0 Å². The molecule has 0 aromatic heterocycles. The molecule has 1 aliphatic rings. The van der Waals surface area contributed by atoms with Crippen LogP contribution in [0.3, 0.4) is 0 Å². The zero-order valence-electron chi connectivity index (χ0n) is 14.6. The summed E-state index contributed by atoms with van der Waals surface area (Å²) < 4.78 is 13.4.